The molecule has 0 spiro atoms. The van der Waals surface area contributed by atoms with Gasteiger partial charge in [-0.25, -0.2) is 15.0 Å². The van der Waals surface area contributed by atoms with Gasteiger partial charge in [0.2, 0.25) is 0 Å². The lowest BCUT2D eigenvalue weighted by Gasteiger charge is -2.35. The summed E-state index contributed by atoms with van der Waals surface area (Å²) in [6, 6.07) is 11.3. The first-order valence-corrected chi connectivity index (χ1v) is 18.0. The molecular weight excluding hydrogens is 712 g/mol. The molecule has 52 heavy (non-hydrogen) atoms. The number of aromatic nitrogens is 3. The highest BCUT2D eigenvalue weighted by Gasteiger charge is 2.20. The number of anilines is 4. The summed E-state index contributed by atoms with van der Waals surface area (Å²) >= 11 is 7.50. The van der Waals surface area contributed by atoms with Gasteiger partial charge in [-0.3, -0.25) is 14.5 Å². The molecule has 2 amide bonds. The third-order valence-electron chi connectivity index (χ3n) is 8.01. The molecule has 5 rings (SSSR count). The van der Waals surface area contributed by atoms with E-state index >= 15 is 0 Å². The lowest BCUT2D eigenvalue weighted by atomic mass is 10.2. The predicted molar refractivity (Wildman–Crippen MR) is 200 cm³/mol. The summed E-state index contributed by atoms with van der Waals surface area (Å²) in [7, 11) is 0. The van der Waals surface area contributed by atoms with Gasteiger partial charge < -0.3 is 45.3 Å². The Morgan fingerprint density at radius 3 is 2.35 bits per heavy atom. The number of piperazine rings is 1. The summed E-state index contributed by atoms with van der Waals surface area (Å²) in [6.07, 6.45) is 1.53. The average Bonchev–Trinajstić information content (AvgIpc) is 3.60. The average molecular weight is 755 g/mol. The van der Waals surface area contributed by atoms with Crippen LogP contribution in [0, 0.1) is 13.8 Å². The van der Waals surface area contributed by atoms with Crippen molar-refractivity contribution in [2.24, 2.45) is 0 Å². The number of nitrogens with zero attached hydrogens (tertiary/aromatic N) is 5. The molecule has 2 aromatic heterocycles. The van der Waals surface area contributed by atoms with Crippen LogP contribution in [-0.4, -0.2) is 121 Å². The van der Waals surface area contributed by atoms with Gasteiger partial charge in [-0.1, -0.05) is 35.1 Å². The zero-order valence-electron chi connectivity index (χ0n) is 29.1. The molecule has 0 atom stereocenters. The number of phenolic OH excluding ortho intramolecular Hbond substituents is 2. The van der Waals surface area contributed by atoms with E-state index in [1.54, 1.807) is 6.07 Å². The van der Waals surface area contributed by atoms with Crippen LogP contribution in [0.25, 0.3) is 0 Å². The number of hydrogen-bond acceptors (Lipinski definition) is 14. The van der Waals surface area contributed by atoms with Gasteiger partial charge in [0.05, 0.1) is 56.5 Å². The molecule has 2 aromatic carbocycles. The second kappa shape index (κ2) is 19.3. The zero-order valence-corrected chi connectivity index (χ0v) is 30.6. The van der Waals surface area contributed by atoms with Crippen molar-refractivity contribution in [1.29, 1.82) is 0 Å². The molecular formula is C35H43ClN8O7S. The predicted octanol–water partition coefficient (Wildman–Crippen LogP) is 4.21. The molecule has 1 aliphatic rings. The van der Waals surface area contributed by atoms with Crippen molar-refractivity contribution in [2.75, 3.05) is 94.4 Å². The summed E-state index contributed by atoms with van der Waals surface area (Å²) < 4.78 is 16.8. The number of phenols is 2. The highest BCUT2D eigenvalue weighted by molar-refractivity contribution is 7.17. The van der Waals surface area contributed by atoms with E-state index in [1.165, 1.54) is 35.7 Å². The fourth-order valence-corrected chi connectivity index (χ4v) is 6.22. The Kier molecular flexibility index (Phi) is 14.4. The van der Waals surface area contributed by atoms with Crippen molar-refractivity contribution in [3.8, 4) is 11.5 Å². The third kappa shape index (κ3) is 11.5. The van der Waals surface area contributed by atoms with E-state index in [-0.39, 0.29) is 28.9 Å². The van der Waals surface area contributed by atoms with Crippen LogP contribution in [0.15, 0.2) is 48.7 Å². The lowest BCUT2D eigenvalue weighted by Crippen LogP contribution is -2.47. The van der Waals surface area contributed by atoms with Crippen LogP contribution in [0.4, 0.5) is 22.5 Å². The van der Waals surface area contributed by atoms with Crippen LogP contribution >= 0.6 is 22.9 Å². The standard InChI is InChI=1S/C35H43ClN8O7S/c1-23-4-3-5-26(36)32(23)42-34(48)29-22-38-35(52-29)41-30-21-31(40-24(2)39-30)44-11-9-43(10-12-44)13-15-50-17-19-51-18-16-49-14-8-37-33(47)25-6-7-27(45)28(46)20-25/h3-7,20-22,45-46H,8-19H2,1-2H3,(H,37,47)(H,42,48)(H,38,39,40,41). The Morgan fingerprint density at radius 2 is 1.62 bits per heavy atom. The first-order chi connectivity index (χ1) is 25.2. The molecule has 17 heteroatoms. The minimum atomic E-state index is -0.365. The summed E-state index contributed by atoms with van der Waals surface area (Å²) in [5, 5.41) is 28.7. The smallest absolute Gasteiger partial charge is 0.267 e. The monoisotopic (exact) mass is 754 g/mol. The number of hydrogen-bond donors (Lipinski definition) is 5. The Bertz CT molecular complexity index is 1780. The van der Waals surface area contributed by atoms with Crippen LogP contribution < -0.4 is 20.9 Å². The molecule has 0 saturated carbocycles. The highest BCUT2D eigenvalue weighted by atomic mass is 35.5. The SMILES string of the molecule is Cc1nc(Nc2ncc(C(=O)Nc3c(C)cccc3Cl)s2)cc(N2CCN(CCOCCOCCOCCNC(=O)c3ccc(O)c(O)c3)CC2)n1. The fraction of sp³-hybridized carbons (Fsp3) is 0.400. The molecule has 0 aliphatic carbocycles. The molecule has 1 aliphatic heterocycles. The normalized spacial score (nSPS) is 13.2. The van der Waals surface area contributed by atoms with Gasteiger partial charge >= 0.3 is 0 Å². The van der Waals surface area contributed by atoms with Crippen LogP contribution in [-0.2, 0) is 14.2 Å². The number of benzene rings is 2. The Labute approximate surface area is 310 Å². The van der Waals surface area contributed by atoms with Crippen molar-refractivity contribution in [1.82, 2.24) is 25.2 Å². The Hall–Kier alpha value is -4.58. The van der Waals surface area contributed by atoms with Gasteiger partial charge in [-0.15, -0.1) is 0 Å². The second-order valence-electron chi connectivity index (χ2n) is 11.8. The Morgan fingerprint density at radius 1 is 0.885 bits per heavy atom. The number of para-hydroxylation sites is 1. The number of nitrogens with one attached hydrogen (secondary N) is 3. The molecule has 0 radical (unpaired) electrons. The number of thiazole rings is 1. The minimum absolute atomic E-state index is 0.250. The van der Waals surface area contributed by atoms with E-state index in [1.807, 2.05) is 32.0 Å². The summed E-state index contributed by atoms with van der Waals surface area (Å²) in [4.78, 5) is 43.5. The molecule has 4 aromatic rings. The fourth-order valence-electron chi connectivity index (χ4n) is 5.23. The van der Waals surface area contributed by atoms with Gasteiger partial charge in [-0.2, -0.15) is 0 Å². The van der Waals surface area contributed by atoms with Gasteiger partial charge in [0.25, 0.3) is 11.8 Å². The number of carbonyl (C=O) groups excluding carboxylic acids is 2. The van der Waals surface area contributed by atoms with E-state index in [0.29, 0.717) is 78.5 Å². The maximum absolute atomic E-state index is 12.9. The molecule has 3 heterocycles. The van der Waals surface area contributed by atoms with Crippen LogP contribution in [0.2, 0.25) is 5.02 Å². The van der Waals surface area contributed by atoms with Crippen molar-refractivity contribution in [3.63, 3.8) is 0 Å². The van der Waals surface area contributed by atoms with Crippen molar-refractivity contribution >= 4 is 57.2 Å². The Balaban J connectivity index is 0.923. The number of rotatable bonds is 18. The van der Waals surface area contributed by atoms with E-state index in [0.717, 1.165) is 44.1 Å². The summed E-state index contributed by atoms with van der Waals surface area (Å²) in [5.74, 6) is 0.793. The van der Waals surface area contributed by atoms with Crippen LogP contribution in [0.3, 0.4) is 0 Å². The number of carbonyl (C=O) groups is 2. The van der Waals surface area contributed by atoms with Crippen molar-refractivity contribution in [3.05, 3.63) is 75.5 Å². The summed E-state index contributed by atoms with van der Waals surface area (Å²) in [5.41, 5.74) is 1.71. The van der Waals surface area contributed by atoms with Crippen molar-refractivity contribution in [2.45, 2.75) is 13.8 Å². The number of aryl methyl sites for hydroxylation is 2. The molecule has 5 N–H and O–H groups in total. The van der Waals surface area contributed by atoms with E-state index < -0.39 is 0 Å². The van der Waals surface area contributed by atoms with Crippen molar-refractivity contribution < 1.29 is 34.0 Å². The molecule has 1 saturated heterocycles. The molecule has 0 unspecified atom stereocenters. The maximum atomic E-state index is 12.9. The third-order valence-corrected chi connectivity index (χ3v) is 9.24. The van der Waals surface area contributed by atoms with Crippen LogP contribution in [0.5, 0.6) is 11.5 Å². The second-order valence-corrected chi connectivity index (χ2v) is 13.3. The first kappa shape index (κ1) is 38.6. The van der Waals surface area contributed by atoms with Gasteiger partial charge in [0.15, 0.2) is 16.6 Å². The molecule has 1 fully saturated rings. The number of amides is 2. The number of aromatic hydroxyl groups is 2. The zero-order chi connectivity index (χ0) is 36.9. The van der Waals surface area contributed by atoms with Crippen LogP contribution in [0.1, 0.15) is 31.4 Å². The first-order valence-electron chi connectivity index (χ1n) is 16.8. The van der Waals surface area contributed by atoms with E-state index in [4.69, 9.17) is 25.8 Å². The minimum Gasteiger partial charge on any atom is -0.504 e. The molecule has 278 valence electrons. The topological polar surface area (TPSA) is 184 Å². The van der Waals surface area contributed by atoms with E-state index in [9.17, 15) is 19.8 Å². The van der Waals surface area contributed by atoms with Gasteiger partial charge in [0, 0.05) is 50.9 Å². The maximum Gasteiger partial charge on any atom is 0.267 e. The highest BCUT2D eigenvalue weighted by Crippen LogP contribution is 2.29. The van der Waals surface area contributed by atoms with Gasteiger partial charge in [0.1, 0.15) is 22.3 Å². The molecule has 15 nitrogen and oxygen atoms in total. The molecule has 0 bridgehead atoms. The number of ether oxygens (including phenoxy) is 3. The largest absolute Gasteiger partial charge is 0.504 e. The van der Waals surface area contributed by atoms with Gasteiger partial charge in [-0.05, 0) is 43.7 Å². The number of halogens is 1. The lowest BCUT2D eigenvalue weighted by molar-refractivity contribution is 0.0109. The summed E-state index contributed by atoms with van der Waals surface area (Å²) in [6.45, 7) is 10.9. The quantitative estimate of drug-likeness (QED) is 0.0720. The van der Waals surface area contributed by atoms with E-state index in [2.05, 4.69) is 40.7 Å².